The van der Waals surface area contributed by atoms with Gasteiger partial charge in [-0.2, -0.15) is 5.10 Å². The van der Waals surface area contributed by atoms with Crippen LogP contribution in [0.3, 0.4) is 0 Å². The molecule has 1 aromatic rings. The van der Waals surface area contributed by atoms with E-state index in [9.17, 15) is 4.79 Å². The molecule has 2 atom stereocenters. The second kappa shape index (κ2) is 9.02. The number of carbonyl (C=O) groups excluding carboxylic acids is 1. The Morgan fingerprint density at radius 2 is 2.48 bits per heavy atom. The summed E-state index contributed by atoms with van der Waals surface area (Å²) in [6.45, 7) is 4.54. The molecule has 0 bridgehead atoms. The van der Waals surface area contributed by atoms with E-state index in [1.807, 2.05) is 17.8 Å². The number of nitrogens with one attached hydrogen (secondary N) is 2. The van der Waals surface area contributed by atoms with Gasteiger partial charge in [-0.25, -0.2) is 0 Å². The van der Waals surface area contributed by atoms with Gasteiger partial charge in [0.1, 0.15) is 5.69 Å². The van der Waals surface area contributed by atoms with Gasteiger partial charge in [0.15, 0.2) is 0 Å². The number of hydrogen-bond donors (Lipinski definition) is 2. The van der Waals surface area contributed by atoms with Crippen LogP contribution in [0.4, 0.5) is 0 Å². The highest BCUT2D eigenvalue weighted by molar-refractivity contribution is 5.92. The first kappa shape index (κ1) is 17.9. The smallest absolute Gasteiger partial charge is 0.272 e. The lowest BCUT2D eigenvalue weighted by Gasteiger charge is -2.23. The highest BCUT2D eigenvalue weighted by atomic mass is 35.5. The van der Waals surface area contributed by atoms with Gasteiger partial charge in [0.25, 0.3) is 5.91 Å². The Morgan fingerprint density at radius 3 is 3.10 bits per heavy atom. The number of methoxy groups -OCH3 is 1. The maximum absolute atomic E-state index is 12.1. The van der Waals surface area contributed by atoms with Crippen molar-refractivity contribution < 1.29 is 9.53 Å². The van der Waals surface area contributed by atoms with E-state index in [0.29, 0.717) is 18.3 Å². The third kappa shape index (κ3) is 4.98. The zero-order valence-corrected chi connectivity index (χ0v) is 13.5. The quantitative estimate of drug-likeness (QED) is 0.832. The van der Waals surface area contributed by atoms with Crippen molar-refractivity contribution in [2.45, 2.75) is 38.3 Å². The van der Waals surface area contributed by atoms with Crippen LogP contribution in [0.25, 0.3) is 0 Å². The molecule has 0 saturated carbocycles. The Labute approximate surface area is 132 Å². The predicted molar refractivity (Wildman–Crippen MR) is 84.0 cm³/mol. The summed E-state index contributed by atoms with van der Waals surface area (Å²) < 4.78 is 6.98. The lowest BCUT2D eigenvalue weighted by Crippen LogP contribution is -2.38. The molecule has 7 heteroatoms. The van der Waals surface area contributed by atoms with Crippen LogP contribution in [0, 0.1) is 0 Å². The van der Waals surface area contributed by atoms with Gasteiger partial charge >= 0.3 is 0 Å². The zero-order chi connectivity index (χ0) is 14.4. The van der Waals surface area contributed by atoms with E-state index in [2.05, 4.69) is 15.7 Å². The van der Waals surface area contributed by atoms with Gasteiger partial charge in [-0.05, 0) is 31.9 Å². The number of carbonyl (C=O) groups is 1. The minimum Gasteiger partial charge on any atom is -0.383 e. The van der Waals surface area contributed by atoms with Crippen molar-refractivity contribution in [2.24, 2.45) is 0 Å². The molecule has 1 amide bonds. The molecule has 0 aliphatic carbocycles. The zero-order valence-electron chi connectivity index (χ0n) is 12.7. The third-order valence-corrected chi connectivity index (χ3v) is 3.68. The molecule has 1 aliphatic heterocycles. The van der Waals surface area contributed by atoms with Crippen molar-refractivity contribution in [1.29, 1.82) is 0 Å². The molecule has 2 unspecified atom stereocenters. The Bertz CT molecular complexity index is 432. The molecule has 2 heterocycles. The first-order chi connectivity index (χ1) is 9.74. The number of ether oxygens (including phenoxy) is 1. The fourth-order valence-electron chi connectivity index (χ4n) is 2.44. The summed E-state index contributed by atoms with van der Waals surface area (Å²) in [5.41, 5.74) is 0.477. The van der Waals surface area contributed by atoms with Gasteiger partial charge in [-0.15, -0.1) is 12.4 Å². The van der Waals surface area contributed by atoms with Crippen LogP contribution in [0.2, 0.25) is 0 Å². The third-order valence-electron chi connectivity index (χ3n) is 3.68. The van der Waals surface area contributed by atoms with E-state index in [1.165, 1.54) is 0 Å². The van der Waals surface area contributed by atoms with Crippen molar-refractivity contribution in [3.05, 3.63) is 18.0 Å². The Morgan fingerprint density at radius 1 is 1.67 bits per heavy atom. The largest absolute Gasteiger partial charge is 0.383 e. The molecule has 0 radical (unpaired) electrons. The topological polar surface area (TPSA) is 68.2 Å². The standard InChI is InChI=1S/C14H24N4O2.ClH/c1-3-11(10-20-2)16-14(19)13-6-8-18(17-13)12-5-4-7-15-9-12;/h6,8,11-12,15H,3-5,7,9-10H2,1-2H3,(H,16,19);1H. The maximum Gasteiger partial charge on any atom is 0.272 e. The van der Waals surface area contributed by atoms with Crippen molar-refractivity contribution >= 4 is 18.3 Å². The summed E-state index contributed by atoms with van der Waals surface area (Å²) in [7, 11) is 1.64. The number of aromatic nitrogens is 2. The van der Waals surface area contributed by atoms with E-state index in [1.54, 1.807) is 13.2 Å². The van der Waals surface area contributed by atoms with Gasteiger partial charge < -0.3 is 15.4 Å². The summed E-state index contributed by atoms with van der Waals surface area (Å²) in [5, 5.41) is 10.7. The van der Waals surface area contributed by atoms with Crippen LogP contribution in [0.15, 0.2) is 12.3 Å². The van der Waals surface area contributed by atoms with Crippen molar-refractivity contribution in [1.82, 2.24) is 20.4 Å². The number of halogens is 1. The normalized spacial score (nSPS) is 19.6. The second-order valence-electron chi connectivity index (χ2n) is 5.22. The molecule has 0 spiro atoms. The molecule has 1 aromatic heterocycles. The van der Waals surface area contributed by atoms with Crippen molar-refractivity contribution in [3.8, 4) is 0 Å². The van der Waals surface area contributed by atoms with Crippen LogP contribution < -0.4 is 10.6 Å². The summed E-state index contributed by atoms with van der Waals surface area (Å²) in [6.07, 6.45) is 4.99. The van der Waals surface area contributed by atoms with Crippen LogP contribution in [0.5, 0.6) is 0 Å². The van der Waals surface area contributed by atoms with Gasteiger partial charge in [-0.1, -0.05) is 6.92 Å². The summed E-state index contributed by atoms with van der Waals surface area (Å²) in [4.78, 5) is 12.1. The molecule has 1 saturated heterocycles. The van der Waals surface area contributed by atoms with Gasteiger partial charge in [0.2, 0.25) is 0 Å². The Hall–Kier alpha value is -1.11. The van der Waals surface area contributed by atoms with Crippen molar-refractivity contribution in [2.75, 3.05) is 26.8 Å². The SMILES string of the molecule is CCC(COC)NC(=O)c1ccn(C2CCCNC2)n1.Cl. The second-order valence-corrected chi connectivity index (χ2v) is 5.22. The number of hydrogen-bond acceptors (Lipinski definition) is 4. The van der Waals surface area contributed by atoms with Crippen LogP contribution in [-0.4, -0.2) is 48.5 Å². The Kier molecular flexibility index (Phi) is 7.71. The fourth-order valence-corrected chi connectivity index (χ4v) is 2.44. The predicted octanol–water partition coefficient (Wildman–Crippen LogP) is 1.38. The molecule has 0 aromatic carbocycles. The maximum atomic E-state index is 12.1. The number of amides is 1. The van der Waals surface area contributed by atoms with E-state index < -0.39 is 0 Å². The summed E-state index contributed by atoms with van der Waals surface area (Å²) >= 11 is 0. The lowest BCUT2D eigenvalue weighted by molar-refractivity contribution is 0.0888. The molecular formula is C14H25ClN4O2. The van der Waals surface area contributed by atoms with Gasteiger partial charge in [0, 0.05) is 19.9 Å². The molecule has 1 aliphatic rings. The minimum absolute atomic E-state index is 0. The molecule has 2 N–H and O–H groups in total. The minimum atomic E-state index is -0.128. The number of piperidine rings is 1. The molecule has 120 valence electrons. The van der Waals surface area contributed by atoms with Crippen LogP contribution in [0.1, 0.15) is 42.7 Å². The summed E-state index contributed by atoms with van der Waals surface area (Å²) in [6, 6.07) is 2.17. The lowest BCUT2D eigenvalue weighted by atomic mass is 10.1. The van der Waals surface area contributed by atoms with E-state index in [4.69, 9.17) is 4.74 Å². The first-order valence-electron chi connectivity index (χ1n) is 7.30. The molecule has 2 rings (SSSR count). The molecule has 6 nitrogen and oxygen atoms in total. The summed E-state index contributed by atoms with van der Waals surface area (Å²) in [5.74, 6) is -0.128. The van der Waals surface area contributed by atoms with Gasteiger partial charge in [-0.3, -0.25) is 9.48 Å². The molecule has 21 heavy (non-hydrogen) atoms. The number of rotatable bonds is 6. The first-order valence-corrected chi connectivity index (χ1v) is 7.30. The number of nitrogens with zero attached hydrogens (tertiary/aromatic N) is 2. The van der Waals surface area contributed by atoms with Crippen LogP contribution in [-0.2, 0) is 4.74 Å². The van der Waals surface area contributed by atoms with Gasteiger partial charge in [0.05, 0.1) is 18.7 Å². The molecular weight excluding hydrogens is 292 g/mol. The average Bonchev–Trinajstić information content (AvgIpc) is 2.97. The monoisotopic (exact) mass is 316 g/mol. The highest BCUT2D eigenvalue weighted by Gasteiger charge is 2.19. The average molecular weight is 317 g/mol. The Balaban J connectivity index is 0.00000220. The van der Waals surface area contributed by atoms with E-state index in [0.717, 1.165) is 32.4 Å². The van der Waals surface area contributed by atoms with Crippen molar-refractivity contribution in [3.63, 3.8) is 0 Å². The fraction of sp³-hybridized carbons (Fsp3) is 0.714. The van der Waals surface area contributed by atoms with E-state index in [-0.39, 0.29) is 24.4 Å². The van der Waals surface area contributed by atoms with Crippen LogP contribution >= 0.6 is 12.4 Å². The molecule has 1 fully saturated rings. The van der Waals surface area contributed by atoms with E-state index >= 15 is 0 Å². The highest BCUT2D eigenvalue weighted by Crippen LogP contribution is 2.15.